The number of hydrogen-bond acceptors (Lipinski definition) is 3. The number of methoxy groups -OCH3 is 2. The highest BCUT2D eigenvalue weighted by atomic mass is 16.5. The van der Waals surface area contributed by atoms with E-state index < -0.39 is 0 Å². The van der Waals surface area contributed by atoms with Crippen molar-refractivity contribution in [1.82, 2.24) is 5.32 Å². The lowest BCUT2D eigenvalue weighted by Crippen LogP contribution is -2.21. The molecule has 3 nitrogen and oxygen atoms in total. The molecule has 1 atom stereocenters. The zero-order chi connectivity index (χ0) is 12.0. The number of hydrogen-bond donors (Lipinski definition) is 1. The molecule has 1 rings (SSSR count). The summed E-state index contributed by atoms with van der Waals surface area (Å²) in [5.41, 5.74) is 1.20. The number of nitrogens with one attached hydrogen (secondary N) is 1. The summed E-state index contributed by atoms with van der Waals surface area (Å²) in [6.45, 7) is 2.17. The first kappa shape index (κ1) is 12.8. The van der Waals surface area contributed by atoms with Gasteiger partial charge in [-0.3, -0.25) is 0 Å². The van der Waals surface area contributed by atoms with Crippen molar-refractivity contribution in [1.29, 1.82) is 0 Å². The van der Waals surface area contributed by atoms with Gasteiger partial charge in [0.05, 0.1) is 14.2 Å². The fourth-order valence-electron chi connectivity index (χ4n) is 1.67. The van der Waals surface area contributed by atoms with E-state index in [4.69, 9.17) is 9.47 Å². The normalized spacial score (nSPS) is 12.2. The average Bonchev–Trinajstić information content (AvgIpc) is 2.34. The van der Waals surface area contributed by atoms with Crippen LogP contribution in [-0.4, -0.2) is 27.3 Å². The van der Waals surface area contributed by atoms with E-state index in [1.165, 1.54) is 5.56 Å². The van der Waals surface area contributed by atoms with Crippen LogP contribution in [0.3, 0.4) is 0 Å². The van der Waals surface area contributed by atoms with E-state index in [0.717, 1.165) is 24.3 Å². The topological polar surface area (TPSA) is 30.5 Å². The molecule has 16 heavy (non-hydrogen) atoms. The molecule has 0 aliphatic carbocycles. The molecule has 0 amide bonds. The van der Waals surface area contributed by atoms with Crippen LogP contribution in [0.15, 0.2) is 18.2 Å². The molecule has 0 aliphatic rings. The third-order valence-corrected chi connectivity index (χ3v) is 2.82. The Bertz CT molecular complexity index is 326. The summed E-state index contributed by atoms with van der Waals surface area (Å²) in [5, 5.41) is 3.23. The van der Waals surface area contributed by atoms with Gasteiger partial charge >= 0.3 is 0 Å². The maximum Gasteiger partial charge on any atom is 0.163 e. The fraction of sp³-hybridized carbons (Fsp3) is 0.538. The van der Waals surface area contributed by atoms with Crippen LogP contribution in [0.1, 0.15) is 18.9 Å². The molecule has 1 unspecified atom stereocenters. The lowest BCUT2D eigenvalue weighted by molar-refractivity contribution is 0.351. The summed E-state index contributed by atoms with van der Waals surface area (Å²) < 4.78 is 10.7. The first-order chi connectivity index (χ1) is 7.72. The summed E-state index contributed by atoms with van der Waals surface area (Å²) in [6.07, 6.45) is 2.07. The van der Waals surface area contributed by atoms with Gasteiger partial charge in [-0.1, -0.05) is 12.1 Å². The Labute approximate surface area is 97.8 Å². The molecule has 1 N–H and O–H groups in total. The van der Waals surface area contributed by atoms with E-state index in [2.05, 4.69) is 18.3 Å². The van der Waals surface area contributed by atoms with Crippen LogP contribution in [-0.2, 0) is 6.42 Å². The van der Waals surface area contributed by atoms with Gasteiger partial charge in [0.25, 0.3) is 0 Å². The van der Waals surface area contributed by atoms with Crippen LogP contribution in [0, 0.1) is 0 Å². The van der Waals surface area contributed by atoms with E-state index in [-0.39, 0.29) is 0 Å². The maximum atomic E-state index is 5.39. The van der Waals surface area contributed by atoms with Gasteiger partial charge < -0.3 is 14.8 Å². The second-order valence-electron chi connectivity index (χ2n) is 3.88. The van der Waals surface area contributed by atoms with Crippen LogP contribution < -0.4 is 14.8 Å². The van der Waals surface area contributed by atoms with Gasteiger partial charge in [-0.15, -0.1) is 0 Å². The smallest absolute Gasteiger partial charge is 0.163 e. The minimum atomic E-state index is 0.510. The first-order valence-electron chi connectivity index (χ1n) is 5.60. The summed E-state index contributed by atoms with van der Waals surface area (Å²) >= 11 is 0. The Balaban J connectivity index is 2.78. The lowest BCUT2D eigenvalue weighted by atomic mass is 10.0. The Kier molecular flexibility index (Phi) is 5.12. The molecule has 1 aromatic carbocycles. The van der Waals surface area contributed by atoms with Crippen molar-refractivity contribution in [2.45, 2.75) is 25.8 Å². The number of aryl methyl sites for hydroxylation is 1. The second kappa shape index (κ2) is 6.38. The van der Waals surface area contributed by atoms with Crippen LogP contribution in [0.5, 0.6) is 11.5 Å². The zero-order valence-corrected chi connectivity index (χ0v) is 10.5. The van der Waals surface area contributed by atoms with E-state index in [9.17, 15) is 0 Å². The molecule has 3 heteroatoms. The van der Waals surface area contributed by atoms with E-state index >= 15 is 0 Å². The predicted molar refractivity (Wildman–Crippen MR) is 66.4 cm³/mol. The Morgan fingerprint density at radius 3 is 2.56 bits per heavy atom. The Morgan fingerprint density at radius 2 is 2.00 bits per heavy atom. The van der Waals surface area contributed by atoms with Gasteiger partial charge in [0.2, 0.25) is 0 Å². The highest BCUT2D eigenvalue weighted by Gasteiger charge is 2.09. The highest BCUT2D eigenvalue weighted by molar-refractivity contribution is 5.46. The van der Waals surface area contributed by atoms with Crippen molar-refractivity contribution in [3.63, 3.8) is 0 Å². The average molecular weight is 223 g/mol. The monoisotopic (exact) mass is 223 g/mol. The van der Waals surface area contributed by atoms with Crippen molar-refractivity contribution in [3.05, 3.63) is 23.8 Å². The van der Waals surface area contributed by atoms with Gasteiger partial charge in [0.1, 0.15) is 0 Å². The lowest BCUT2D eigenvalue weighted by Gasteiger charge is -2.14. The summed E-state index contributed by atoms with van der Waals surface area (Å²) in [7, 11) is 5.33. The van der Waals surface area contributed by atoms with Crippen molar-refractivity contribution < 1.29 is 9.47 Å². The number of para-hydroxylation sites is 1. The molecule has 90 valence electrons. The summed E-state index contributed by atoms with van der Waals surface area (Å²) in [4.78, 5) is 0. The molecule has 0 spiro atoms. The number of ether oxygens (including phenoxy) is 2. The SMILES string of the molecule is CNC(C)CCc1cccc(OC)c1OC. The summed E-state index contributed by atoms with van der Waals surface area (Å²) in [6, 6.07) is 6.52. The molecule has 0 saturated heterocycles. The van der Waals surface area contributed by atoms with Crippen molar-refractivity contribution in [2.24, 2.45) is 0 Å². The number of benzene rings is 1. The third kappa shape index (κ3) is 3.14. The molecule has 1 aromatic rings. The molecule has 0 saturated carbocycles. The van der Waals surface area contributed by atoms with Crippen molar-refractivity contribution in [3.8, 4) is 11.5 Å². The third-order valence-electron chi connectivity index (χ3n) is 2.82. The largest absolute Gasteiger partial charge is 0.493 e. The quantitative estimate of drug-likeness (QED) is 0.802. The first-order valence-corrected chi connectivity index (χ1v) is 5.60. The minimum absolute atomic E-state index is 0.510. The molecular formula is C13H21NO2. The van der Waals surface area contributed by atoms with E-state index in [1.54, 1.807) is 14.2 Å². The van der Waals surface area contributed by atoms with Gasteiger partial charge in [0.15, 0.2) is 11.5 Å². The Hall–Kier alpha value is -1.22. The van der Waals surface area contributed by atoms with Crippen LogP contribution in [0.4, 0.5) is 0 Å². The second-order valence-corrected chi connectivity index (χ2v) is 3.88. The zero-order valence-electron chi connectivity index (χ0n) is 10.5. The molecule has 0 fully saturated rings. The van der Waals surface area contributed by atoms with Gasteiger partial charge in [-0.05, 0) is 38.4 Å². The number of rotatable bonds is 6. The Morgan fingerprint density at radius 1 is 1.25 bits per heavy atom. The van der Waals surface area contributed by atoms with E-state index in [1.807, 2.05) is 19.2 Å². The van der Waals surface area contributed by atoms with Crippen LogP contribution in [0.2, 0.25) is 0 Å². The standard InChI is InChI=1S/C13H21NO2/c1-10(14-2)8-9-11-6-5-7-12(15-3)13(11)16-4/h5-7,10,14H,8-9H2,1-4H3. The van der Waals surface area contributed by atoms with E-state index in [0.29, 0.717) is 6.04 Å². The maximum absolute atomic E-state index is 5.39. The molecule has 0 bridgehead atoms. The summed E-state index contributed by atoms with van der Waals surface area (Å²) in [5.74, 6) is 1.66. The fourth-order valence-corrected chi connectivity index (χ4v) is 1.67. The predicted octanol–water partition coefficient (Wildman–Crippen LogP) is 2.24. The van der Waals surface area contributed by atoms with Crippen molar-refractivity contribution >= 4 is 0 Å². The molecule has 0 heterocycles. The molecule has 0 radical (unpaired) electrons. The molecule has 0 aliphatic heterocycles. The molecular weight excluding hydrogens is 202 g/mol. The van der Waals surface area contributed by atoms with Gasteiger partial charge in [-0.2, -0.15) is 0 Å². The highest BCUT2D eigenvalue weighted by Crippen LogP contribution is 2.31. The van der Waals surface area contributed by atoms with Crippen molar-refractivity contribution in [2.75, 3.05) is 21.3 Å². The van der Waals surface area contributed by atoms with Crippen LogP contribution in [0.25, 0.3) is 0 Å². The van der Waals surface area contributed by atoms with Gasteiger partial charge in [-0.25, -0.2) is 0 Å². The van der Waals surface area contributed by atoms with Crippen LogP contribution >= 0.6 is 0 Å². The molecule has 0 aromatic heterocycles. The van der Waals surface area contributed by atoms with Gasteiger partial charge in [0, 0.05) is 6.04 Å². The minimum Gasteiger partial charge on any atom is -0.493 e.